The van der Waals surface area contributed by atoms with E-state index < -0.39 is 0 Å². The van der Waals surface area contributed by atoms with Crippen LogP contribution in [0.25, 0.3) is 11.2 Å². The van der Waals surface area contributed by atoms with Crippen LogP contribution in [0, 0.1) is 5.41 Å². The Bertz CT molecular complexity index is 1060. The number of ether oxygens (including phenoxy) is 3. The summed E-state index contributed by atoms with van der Waals surface area (Å²) in [5.41, 5.74) is 2.43. The van der Waals surface area contributed by atoms with Crippen molar-refractivity contribution in [2.75, 3.05) is 45.0 Å². The minimum atomic E-state index is -0.200. The molecule has 2 aliphatic rings. The van der Waals surface area contributed by atoms with Crippen molar-refractivity contribution < 1.29 is 19.3 Å². The fraction of sp³-hybridized carbons (Fsp3) is 0.500. The number of hydrogen-bond acceptors (Lipinski definition) is 8. The summed E-state index contributed by atoms with van der Waals surface area (Å²) < 4.78 is 18.8. The van der Waals surface area contributed by atoms with Gasteiger partial charge in [-0.2, -0.15) is 0 Å². The summed E-state index contributed by atoms with van der Waals surface area (Å²) in [6.07, 6.45) is 5.02. The number of hydrogen-bond donors (Lipinski definition) is 1. The molecule has 1 N–H and O–H groups in total. The minimum Gasteiger partial charge on any atom is -0.486 e. The molecule has 0 spiro atoms. The van der Waals surface area contributed by atoms with Gasteiger partial charge in [0.25, 0.3) is 0 Å². The van der Waals surface area contributed by atoms with E-state index in [0.717, 1.165) is 46.9 Å². The second kappa shape index (κ2) is 8.32. The molecule has 9 nitrogen and oxygen atoms in total. The number of aliphatic hydroxyl groups excluding tert-OH is 1. The van der Waals surface area contributed by atoms with E-state index in [2.05, 4.69) is 19.9 Å². The third-order valence-electron chi connectivity index (χ3n) is 6.16. The summed E-state index contributed by atoms with van der Waals surface area (Å²) in [5, 5.41) is 10.1. The highest BCUT2D eigenvalue weighted by Crippen LogP contribution is 2.34. The van der Waals surface area contributed by atoms with Gasteiger partial charge >= 0.3 is 0 Å². The van der Waals surface area contributed by atoms with E-state index in [1.807, 2.05) is 29.8 Å². The molecule has 4 heterocycles. The molecule has 0 unspecified atom stereocenters. The van der Waals surface area contributed by atoms with Crippen molar-refractivity contribution in [2.45, 2.75) is 25.9 Å². The van der Waals surface area contributed by atoms with Gasteiger partial charge in [0.1, 0.15) is 19.5 Å². The number of fused-ring (bicyclic) bond motifs is 2. The van der Waals surface area contributed by atoms with Crippen molar-refractivity contribution in [3.8, 4) is 11.5 Å². The predicted octanol–water partition coefficient (Wildman–Crippen LogP) is 2.02. The third-order valence-corrected chi connectivity index (χ3v) is 6.16. The normalized spacial score (nSPS) is 17.6. The molecule has 0 radical (unpaired) electrons. The summed E-state index contributed by atoms with van der Waals surface area (Å²) in [5.74, 6) is 2.33. The minimum absolute atomic E-state index is 0.123. The number of nitrogens with zero attached hydrogens (tertiary/aromatic N) is 5. The fourth-order valence-corrected chi connectivity index (χ4v) is 4.33. The van der Waals surface area contributed by atoms with Gasteiger partial charge in [0, 0.05) is 38.8 Å². The molecule has 1 aromatic carbocycles. The molecular formula is C22H27N5O4. The molecule has 2 aromatic heterocycles. The first-order chi connectivity index (χ1) is 15.2. The molecule has 0 amide bonds. The van der Waals surface area contributed by atoms with E-state index in [-0.39, 0.29) is 12.0 Å². The number of benzene rings is 1. The lowest BCUT2D eigenvalue weighted by atomic mass is 9.81. The molecular weight excluding hydrogens is 398 g/mol. The lowest BCUT2D eigenvalue weighted by molar-refractivity contribution is -0.0248. The summed E-state index contributed by atoms with van der Waals surface area (Å²) >= 11 is 0. The zero-order valence-corrected chi connectivity index (χ0v) is 17.7. The Balaban J connectivity index is 1.39. The third kappa shape index (κ3) is 3.90. The van der Waals surface area contributed by atoms with Crippen LogP contribution in [0.15, 0.2) is 30.9 Å². The summed E-state index contributed by atoms with van der Waals surface area (Å²) in [4.78, 5) is 15.7. The number of anilines is 1. The van der Waals surface area contributed by atoms with Crippen molar-refractivity contribution >= 4 is 17.0 Å². The van der Waals surface area contributed by atoms with Crippen LogP contribution >= 0.6 is 0 Å². The average molecular weight is 425 g/mol. The zero-order valence-electron chi connectivity index (χ0n) is 17.7. The van der Waals surface area contributed by atoms with Crippen LogP contribution < -0.4 is 14.4 Å². The predicted molar refractivity (Wildman–Crippen MR) is 114 cm³/mol. The van der Waals surface area contributed by atoms with Crippen LogP contribution in [0.5, 0.6) is 11.5 Å². The largest absolute Gasteiger partial charge is 0.486 e. The molecule has 1 saturated heterocycles. The summed E-state index contributed by atoms with van der Waals surface area (Å²) in [6.45, 7) is 3.92. The maximum absolute atomic E-state index is 10.1. The number of aliphatic hydroxyl groups is 1. The first-order valence-electron chi connectivity index (χ1n) is 10.6. The first kappa shape index (κ1) is 20.0. The highest BCUT2D eigenvalue weighted by Gasteiger charge is 2.33. The smallest absolute Gasteiger partial charge is 0.165 e. The van der Waals surface area contributed by atoms with E-state index in [0.29, 0.717) is 39.5 Å². The molecule has 5 rings (SSSR count). The van der Waals surface area contributed by atoms with Crippen LogP contribution in [0.3, 0.4) is 0 Å². The van der Waals surface area contributed by atoms with Gasteiger partial charge in [0.05, 0.1) is 12.9 Å². The molecule has 3 aromatic rings. The molecule has 0 saturated carbocycles. The first-order valence-corrected chi connectivity index (χ1v) is 10.6. The van der Waals surface area contributed by atoms with Gasteiger partial charge in [-0.15, -0.1) is 0 Å². The van der Waals surface area contributed by atoms with Crippen LogP contribution in [0.1, 0.15) is 18.4 Å². The van der Waals surface area contributed by atoms with E-state index in [1.54, 1.807) is 12.7 Å². The summed E-state index contributed by atoms with van der Waals surface area (Å²) in [7, 11) is 1.99. The van der Waals surface area contributed by atoms with Gasteiger partial charge in [-0.25, -0.2) is 15.0 Å². The molecule has 9 heteroatoms. The van der Waals surface area contributed by atoms with Gasteiger partial charge < -0.3 is 28.8 Å². The lowest BCUT2D eigenvalue weighted by Crippen LogP contribution is -2.37. The van der Waals surface area contributed by atoms with Crippen LogP contribution in [-0.2, 0) is 17.8 Å². The molecule has 0 atom stereocenters. The topological polar surface area (TPSA) is 94.8 Å². The van der Waals surface area contributed by atoms with Crippen molar-refractivity contribution in [3.63, 3.8) is 0 Å². The standard InChI is InChI=1S/C22H27N5O4/c1-26(11-16-2-3-17-18(10-16)31-9-8-30-17)20-19-21(24-14-23-20)27(15-25-19)12-22(13-28)4-6-29-7-5-22/h2-3,10,14-15,28H,4-9,11-13H2,1H3. The Hall–Kier alpha value is -2.91. The summed E-state index contributed by atoms with van der Waals surface area (Å²) in [6, 6.07) is 6.00. The van der Waals surface area contributed by atoms with E-state index in [4.69, 9.17) is 14.2 Å². The fourth-order valence-electron chi connectivity index (χ4n) is 4.33. The SMILES string of the molecule is CN(Cc1ccc2c(c1)OCCO2)c1ncnc2c1ncn2CC1(CO)CCOCC1. The molecule has 2 aliphatic heterocycles. The zero-order chi connectivity index (χ0) is 21.3. The maximum atomic E-state index is 10.1. The number of imidazole rings is 1. The van der Waals surface area contributed by atoms with Crippen molar-refractivity contribution in [1.82, 2.24) is 19.5 Å². The van der Waals surface area contributed by atoms with Crippen molar-refractivity contribution in [3.05, 3.63) is 36.4 Å². The van der Waals surface area contributed by atoms with Gasteiger partial charge in [-0.3, -0.25) is 0 Å². The Labute approximate surface area is 180 Å². The Kier molecular flexibility index (Phi) is 5.37. The van der Waals surface area contributed by atoms with E-state index in [9.17, 15) is 5.11 Å². The Morgan fingerprint density at radius 3 is 2.68 bits per heavy atom. The Morgan fingerprint density at radius 2 is 1.87 bits per heavy atom. The van der Waals surface area contributed by atoms with Crippen molar-refractivity contribution in [1.29, 1.82) is 0 Å². The monoisotopic (exact) mass is 425 g/mol. The average Bonchev–Trinajstić information content (AvgIpc) is 3.22. The molecule has 164 valence electrons. The highest BCUT2D eigenvalue weighted by atomic mass is 16.6. The Morgan fingerprint density at radius 1 is 1.06 bits per heavy atom. The van der Waals surface area contributed by atoms with Crippen LogP contribution in [0.2, 0.25) is 0 Å². The molecule has 31 heavy (non-hydrogen) atoms. The highest BCUT2D eigenvalue weighted by molar-refractivity contribution is 5.83. The van der Waals surface area contributed by atoms with Crippen LogP contribution in [0.4, 0.5) is 5.82 Å². The van der Waals surface area contributed by atoms with Gasteiger partial charge in [0.2, 0.25) is 0 Å². The van der Waals surface area contributed by atoms with E-state index in [1.165, 1.54) is 0 Å². The number of rotatable bonds is 6. The van der Waals surface area contributed by atoms with Crippen molar-refractivity contribution in [2.24, 2.45) is 5.41 Å². The number of aromatic nitrogens is 4. The maximum Gasteiger partial charge on any atom is 0.165 e. The lowest BCUT2D eigenvalue weighted by Gasteiger charge is -2.35. The molecule has 1 fully saturated rings. The second-order valence-electron chi connectivity index (χ2n) is 8.35. The van der Waals surface area contributed by atoms with Gasteiger partial charge in [-0.05, 0) is 30.5 Å². The second-order valence-corrected chi connectivity index (χ2v) is 8.35. The van der Waals surface area contributed by atoms with E-state index >= 15 is 0 Å². The molecule has 0 aliphatic carbocycles. The van der Waals surface area contributed by atoms with Gasteiger partial charge in [0.15, 0.2) is 28.5 Å². The quantitative estimate of drug-likeness (QED) is 0.641. The molecule has 0 bridgehead atoms. The van der Waals surface area contributed by atoms with Gasteiger partial charge in [-0.1, -0.05) is 6.07 Å². The van der Waals surface area contributed by atoms with Crippen LogP contribution in [-0.4, -0.2) is 64.7 Å².